The summed E-state index contributed by atoms with van der Waals surface area (Å²) >= 11 is 1.70. The van der Waals surface area contributed by atoms with Crippen LogP contribution in [0.4, 0.5) is 0 Å². The maximum absolute atomic E-state index is 4.51. The summed E-state index contributed by atoms with van der Waals surface area (Å²) < 4.78 is 2.26. The second-order valence-corrected chi connectivity index (χ2v) is 7.64. The summed E-state index contributed by atoms with van der Waals surface area (Å²) in [6.07, 6.45) is 0. The molecule has 0 saturated carbocycles. The molecule has 0 amide bonds. The summed E-state index contributed by atoms with van der Waals surface area (Å²) in [4.78, 5) is 5.65. The van der Waals surface area contributed by atoms with Gasteiger partial charge in [0.25, 0.3) is 0 Å². The number of thiazole rings is 1. The van der Waals surface area contributed by atoms with Gasteiger partial charge in [-0.2, -0.15) is 0 Å². The van der Waals surface area contributed by atoms with Gasteiger partial charge in [0.05, 0.1) is 21.6 Å². The molecule has 0 bridgehead atoms. The van der Waals surface area contributed by atoms with Crippen molar-refractivity contribution in [3.8, 4) is 10.7 Å². The Morgan fingerprint density at radius 1 is 1.25 bits per heavy atom. The monoisotopic (exact) mass is 291 g/mol. The number of rotatable bonds is 1. The average molecular weight is 291 g/mol. The fourth-order valence-corrected chi connectivity index (χ4v) is 3.67. The number of aryl methyl sites for hydroxylation is 2. The van der Waals surface area contributed by atoms with Crippen molar-refractivity contribution in [2.24, 2.45) is 5.41 Å². The third-order valence-electron chi connectivity index (χ3n) is 3.69. The summed E-state index contributed by atoms with van der Waals surface area (Å²) in [6, 6.07) is 0.242. The molecule has 0 radical (unpaired) electrons. The first kappa shape index (κ1) is 13.7. The zero-order chi connectivity index (χ0) is 14.5. The molecule has 0 saturated heterocycles. The lowest BCUT2D eigenvalue weighted by molar-refractivity contribution is 0.234. The van der Waals surface area contributed by atoms with E-state index in [4.69, 9.17) is 0 Å². The first-order valence-corrected chi connectivity index (χ1v) is 7.80. The van der Waals surface area contributed by atoms with Crippen molar-refractivity contribution in [1.82, 2.24) is 25.1 Å². The van der Waals surface area contributed by atoms with Gasteiger partial charge in [-0.05, 0) is 19.3 Å². The third kappa shape index (κ3) is 2.16. The van der Waals surface area contributed by atoms with Gasteiger partial charge in [-0.3, -0.25) is 0 Å². The van der Waals surface area contributed by atoms with E-state index in [1.807, 2.05) is 13.8 Å². The Morgan fingerprint density at radius 3 is 2.60 bits per heavy atom. The molecule has 1 aliphatic rings. The molecule has 108 valence electrons. The highest BCUT2D eigenvalue weighted by Crippen LogP contribution is 2.36. The molecule has 0 aliphatic carbocycles. The Bertz CT molecular complexity index is 635. The van der Waals surface area contributed by atoms with Crippen molar-refractivity contribution < 1.29 is 0 Å². The Labute approximate surface area is 123 Å². The minimum atomic E-state index is 0.126. The van der Waals surface area contributed by atoms with Crippen LogP contribution in [0, 0.1) is 19.3 Å². The second kappa shape index (κ2) is 4.63. The molecular weight excluding hydrogens is 270 g/mol. The molecule has 5 nitrogen and oxygen atoms in total. The van der Waals surface area contributed by atoms with Crippen molar-refractivity contribution in [1.29, 1.82) is 0 Å². The Kier molecular flexibility index (Phi) is 3.17. The Morgan fingerprint density at radius 2 is 2.00 bits per heavy atom. The Balaban J connectivity index is 2.09. The molecule has 2 aromatic rings. The van der Waals surface area contributed by atoms with E-state index in [9.17, 15) is 0 Å². The van der Waals surface area contributed by atoms with Crippen LogP contribution in [0.15, 0.2) is 0 Å². The van der Waals surface area contributed by atoms with Gasteiger partial charge < -0.3 is 9.88 Å². The van der Waals surface area contributed by atoms with Gasteiger partial charge in [-0.15, -0.1) is 21.5 Å². The maximum atomic E-state index is 4.51. The molecule has 1 aliphatic heterocycles. The third-order valence-corrected chi connectivity index (χ3v) is 4.76. The van der Waals surface area contributed by atoms with Crippen LogP contribution in [0.2, 0.25) is 0 Å². The summed E-state index contributed by atoms with van der Waals surface area (Å²) in [7, 11) is 0. The van der Waals surface area contributed by atoms with E-state index in [-0.39, 0.29) is 11.5 Å². The molecule has 20 heavy (non-hydrogen) atoms. The number of nitrogens with one attached hydrogen (secondary N) is 1. The van der Waals surface area contributed by atoms with Crippen molar-refractivity contribution in [2.75, 3.05) is 6.54 Å². The van der Waals surface area contributed by atoms with Crippen LogP contribution in [0.5, 0.6) is 0 Å². The van der Waals surface area contributed by atoms with E-state index >= 15 is 0 Å². The number of hydrogen-bond donors (Lipinski definition) is 1. The van der Waals surface area contributed by atoms with E-state index in [1.54, 1.807) is 11.3 Å². The van der Waals surface area contributed by atoms with Gasteiger partial charge in [0, 0.05) is 13.1 Å². The van der Waals surface area contributed by atoms with Crippen LogP contribution in [0.3, 0.4) is 0 Å². The summed E-state index contributed by atoms with van der Waals surface area (Å²) in [5, 5.41) is 13.6. The lowest BCUT2D eigenvalue weighted by atomic mass is 9.85. The quantitative estimate of drug-likeness (QED) is 0.877. The van der Waals surface area contributed by atoms with E-state index in [0.717, 1.165) is 40.3 Å². The Hall–Kier alpha value is -1.27. The largest absolute Gasteiger partial charge is 0.308 e. The summed E-state index contributed by atoms with van der Waals surface area (Å²) in [5.74, 6) is 2.02. The normalized spacial score (nSPS) is 19.1. The molecule has 1 atom stereocenters. The fourth-order valence-electron chi connectivity index (χ4n) is 2.76. The van der Waals surface area contributed by atoms with Gasteiger partial charge in [-0.25, -0.2) is 4.98 Å². The highest BCUT2D eigenvalue weighted by atomic mass is 32.1. The van der Waals surface area contributed by atoms with Crippen LogP contribution in [0.1, 0.15) is 43.3 Å². The smallest absolute Gasteiger partial charge is 0.176 e. The molecule has 0 aromatic carbocycles. The van der Waals surface area contributed by atoms with Crippen molar-refractivity contribution in [3.63, 3.8) is 0 Å². The predicted octanol–water partition coefficient (Wildman–Crippen LogP) is 2.71. The zero-order valence-corrected chi connectivity index (χ0v) is 13.5. The van der Waals surface area contributed by atoms with E-state index in [1.165, 1.54) is 0 Å². The standard InChI is InChI=1S/C14H21N5S/c1-8-10(20-9(2)16-8)12-17-18-13-11(14(3,4)5)15-6-7-19(12)13/h11,15H,6-7H2,1-5H3. The minimum Gasteiger partial charge on any atom is -0.308 e. The molecule has 6 heteroatoms. The molecule has 3 heterocycles. The number of aromatic nitrogens is 4. The van der Waals surface area contributed by atoms with Crippen molar-refractivity contribution in [3.05, 3.63) is 16.5 Å². The lowest BCUT2D eigenvalue weighted by Crippen LogP contribution is -2.40. The predicted molar refractivity (Wildman–Crippen MR) is 80.8 cm³/mol. The lowest BCUT2D eigenvalue weighted by Gasteiger charge is -2.34. The number of nitrogens with zero attached hydrogens (tertiary/aromatic N) is 4. The van der Waals surface area contributed by atoms with Crippen molar-refractivity contribution >= 4 is 11.3 Å². The van der Waals surface area contributed by atoms with Gasteiger partial charge in [0.2, 0.25) is 0 Å². The van der Waals surface area contributed by atoms with E-state index in [2.05, 4.69) is 45.8 Å². The molecule has 1 N–H and O–H groups in total. The minimum absolute atomic E-state index is 0.126. The van der Waals surface area contributed by atoms with E-state index in [0.29, 0.717) is 0 Å². The molecular formula is C14H21N5S. The van der Waals surface area contributed by atoms with Crippen LogP contribution in [-0.4, -0.2) is 26.3 Å². The molecule has 0 spiro atoms. The van der Waals surface area contributed by atoms with Crippen LogP contribution in [0.25, 0.3) is 10.7 Å². The fraction of sp³-hybridized carbons (Fsp3) is 0.643. The van der Waals surface area contributed by atoms with Gasteiger partial charge in [0.15, 0.2) is 11.6 Å². The van der Waals surface area contributed by atoms with Gasteiger partial charge in [0.1, 0.15) is 0 Å². The maximum Gasteiger partial charge on any atom is 0.176 e. The van der Waals surface area contributed by atoms with Gasteiger partial charge >= 0.3 is 0 Å². The molecule has 3 rings (SSSR count). The highest BCUT2D eigenvalue weighted by molar-refractivity contribution is 7.15. The van der Waals surface area contributed by atoms with Crippen LogP contribution < -0.4 is 5.32 Å². The SMILES string of the molecule is Cc1nc(C)c(-c2nnc3n2CCNC3C(C)(C)C)s1. The summed E-state index contributed by atoms with van der Waals surface area (Å²) in [6.45, 7) is 12.7. The van der Waals surface area contributed by atoms with Crippen LogP contribution in [-0.2, 0) is 6.54 Å². The van der Waals surface area contributed by atoms with E-state index < -0.39 is 0 Å². The highest BCUT2D eigenvalue weighted by Gasteiger charge is 2.34. The average Bonchev–Trinajstić information content (AvgIpc) is 2.90. The number of hydrogen-bond acceptors (Lipinski definition) is 5. The molecule has 2 aromatic heterocycles. The zero-order valence-electron chi connectivity index (χ0n) is 12.7. The first-order chi connectivity index (χ1) is 9.38. The molecule has 1 unspecified atom stereocenters. The van der Waals surface area contributed by atoms with Gasteiger partial charge in [-0.1, -0.05) is 20.8 Å². The first-order valence-electron chi connectivity index (χ1n) is 6.99. The summed E-state index contributed by atoms with van der Waals surface area (Å²) in [5.41, 5.74) is 1.18. The number of fused-ring (bicyclic) bond motifs is 1. The second-order valence-electron chi connectivity index (χ2n) is 6.43. The van der Waals surface area contributed by atoms with Crippen LogP contribution >= 0.6 is 11.3 Å². The topological polar surface area (TPSA) is 55.6 Å². The molecule has 0 fully saturated rings. The van der Waals surface area contributed by atoms with Crippen molar-refractivity contribution in [2.45, 2.75) is 47.2 Å².